The van der Waals surface area contributed by atoms with E-state index < -0.39 is 14.9 Å². The van der Waals surface area contributed by atoms with E-state index in [-0.39, 0.29) is 29.2 Å². The monoisotopic (exact) mass is 260 g/mol. The molecule has 0 amide bonds. The largest absolute Gasteiger partial charge is 0.384 e. The fourth-order valence-corrected chi connectivity index (χ4v) is 2.27. The second-order valence-corrected chi connectivity index (χ2v) is 4.83. The van der Waals surface area contributed by atoms with Gasteiger partial charge < -0.3 is 4.74 Å². The third kappa shape index (κ3) is 3.22. The van der Waals surface area contributed by atoms with E-state index in [2.05, 4.69) is 0 Å². The van der Waals surface area contributed by atoms with Crippen molar-refractivity contribution in [1.82, 2.24) is 0 Å². The zero-order chi connectivity index (χ0) is 13.1. The molecule has 7 nitrogen and oxygen atoms in total. The van der Waals surface area contributed by atoms with Crippen LogP contribution in [-0.2, 0) is 21.2 Å². The van der Waals surface area contributed by atoms with Gasteiger partial charge >= 0.3 is 0 Å². The minimum absolute atomic E-state index is 0.0712. The van der Waals surface area contributed by atoms with Gasteiger partial charge in [0.1, 0.15) is 0 Å². The highest BCUT2D eigenvalue weighted by molar-refractivity contribution is 7.89. The molecule has 1 rings (SSSR count). The average molecular weight is 260 g/mol. The first-order valence-electron chi connectivity index (χ1n) is 4.66. The summed E-state index contributed by atoms with van der Waals surface area (Å²) in [5.41, 5.74) is -0.199. The Morgan fingerprint density at radius 2 is 2.12 bits per heavy atom. The van der Waals surface area contributed by atoms with Gasteiger partial charge in [0.05, 0.1) is 22.0 Å². The van der Waals surface area contributed by atoms with Crippen molar-refractivity contribution in [2.75, 3.05) is 13.7 Å². The van der Waals surface area contributed by atoms with Crippen LogP contribution in [0.15, 0.2) is 23.1 Å². The number of sulfonamides is 1. The Morgan fingerprint density at radius 3 is 2.59 bits per heavy atom. The number of ether oxygens (including phenoxy) is 1. The van der Waals surface area contributed by atoms with Crippen LogP contribution in [0, 0.1) is 10.1 Å². The first kappa shape index (κ1) is 13.6. The van der Waals surface area contributed by atoms with Crippen LogP contribution in [0.5, 0.6) is 0 Å². The van der Waals surface area contributed by atoms with E-state index in [0.717, 1.165) is 0 Å². The number of nitro benzene ring substituents is 1. The summed E-state index contributed by atoms with van der Waals surface area (Å²) in [5.74, 6) is 0. The van der Waals surface area contributed by atoms with Crippen molar-refractivity contribution in [1.29, 1.82) is 0 Å². The van der Waals surface area contributed by atoms with E-state index in [1.54, 1.807) is 0 Å². The maximum atomic E-state index is 11.3. The molecule has 0 aliphatic carbocycles. The fraction of sp³-hybridized carbons (Fsp3) is 0.333. The molecule has 0 bridgehead atoms. The number of hydrogen-bond acceptors (Lipinski definition) is 5. The summed E-state index contributed by atoms with van der Waals surface area (Å²) in [6.45, 7) is 0.174. The molecule has 8 heteroatoms. The quantitative estimate of drug-likeness (QED) is 0.609. The predicted octanol–water partition coefficient (Wildman–Crippen LogP) is 0.431. The number of nitrogens with zero attached hydrogens (tertiary/aromatic N) is 1. The van der Waals surface area contributed by atoms with Crippen molar-refractivity contribution < 1.29 is 18.1 Å². The standard InChI is InChI=1S/C9H12N2O5S/c1-16-6-5-7-8(11(12)13)3-2-4-9(7)17(10,14)15/h2-4H,5-6H2,1H3,(H2,10,14,15). The maximum absolute atomic E-state index is 11.3. The average Bonchev–Trinajstić information content (AvgIpc) is 2.24. The van der Waals surface area contributed by atoms with Gasteiger partial charge in [0.2, 0.25) is 10.0 Å². The van der Waals surface area contributed by atoms with Crippen molar-refractivity contribution in [3.8, 4) is 0 Å². The van der Waals surface area contributed by atoms with Gasteiger partial charge in [0.25, 0.3) is 5.69 Å². The molecule has 0 atom stereocenters. The second-order valence-electron chi connectivity index (χ2n) is 3.30. The number of nitrogens with two attached hydrogens (primary N) is 1. The SMILES string of the molecule is COCCc1c([N+](=O)[O-])cccc1S(N)(=O)=O. The van der Waals surface area contributed by atoms with E-state index in [4.69, 9.17) is 9.88 Å². The topological polar surface area (TPSA) is 113 Å². The van der Waals surface area contributed by atoms with Crippen molar-refractivity contribution >= 4 is 15.7 Å². The smallest absolute Gasteiger partial charge is 0.274 e. The first-order chi connectivity index (χ1) is 7.88. The molecular weight excluding hydrogens is 248 g/mol. The molecular formula is C9H12N2O5S. The maximum Gasteiger partial charge on any atom is 0.274 e. The highest BCUT2D eigenvalue weighted by atomic mass is 32.2. The van der Waals surface area contributed by atoms with Gasteiger partial charge in [0, 0.05) is 19.6 Å². The Labute approximate surface area is 98.4 Å². The summed E-state index contributed by atoms with van der Waals surface area (Å²) in [4.78, 5) is 9.92. The minimum atomic E-state index is -3.98. The van der Waals surface area contributed by atoms with Crippen LogP contribution in [0.4, 0.5) is 5.69 Å². The van der Waals surface area contributed by atoms with Crippen LogP contribution in [0.25, 0.3) is 0 Å². The third-order valence-electron chi connectivity index (χ3n) is 2.17. The number of benzene rings is 1. The fourth-order valence-electron chi connectivity index (χ4n) is 1.45. The molecule has 0 aliphatic heterocycles. The molecule has 0 unspecified atom stereocenters. The zero-order valence-corrected chi connectivity index (χ0v) is 9.94. The van der Waals surface area contributed by atoms with Gasteiger partial charge in [-0.2, -0.15) is 0 Å². The highest BCUT2D eigenvalue weighted by Gasteiger charge is 2.22. The molecule has 0 heterocycles. The summed E-state index contributed by atoms with van der Waals surface area (Å²) in [6, 6.07) is 3.77. The van der Waals surface area contributed by atoms with Crippen LogP contribution in [-0.4, -0.2) is 27.1 Å². The van der Waals surface area contributed by atoms with Gasteiger partial charge in [-0.05, 0) is 6.07 Å². The van der Waals surface area contributed by atoms with Gasteiger partial charge in [0.15, 0.2) is 0 Å². The first-order valence-corrected chi connectivity index (χ1v) is 6.20. The van der Waals surface area contributed by atoms with Crippen LogP contribution in [0.2, 0.25) is 0 Å². The highest BCUT2D eigenvalue weighted by Crippen LogP contribution is 2.25. The van der Waals surface area contributed by atoms with Crippen LogP contribution < -0.4 is 5.14 Å². The Bertz CT molecular complexity index is 526. The van der Waals surface area contributed by atoms with Crippen molar-refractivity contribution in [3.05, 3.63) is 33.9 Å². The van der Waals surface area contributed by atoms with Crippen LogP contribution in [0.3, 0.4) is 0 Å². The van der Waals surface area contributed by atoms with Crippen LogP contribution >= 0.6 is 0 Å². The van der Waals surface area contributed by atoms with E-state index in [1.165, 1.54) is 25.3 Å². The molecule has 0 fully saturated rings. The lowest BCUT2D eigenvalue weighted by molar-refractivity contribution is -0.385. The number of nitro groups is 1. The summed E-state index contributed by atoms with van der Waals surface area (Å²) in [5, 5.41) is 15.8. The molecule has 0 radical (unpaired) electrons. The molecule has 94 valence electrons. The molecule has 0 saturated carbocycles. The van der Waals surface area contributed by atoms with Crippen molar-refractivity contribution in [3.63, 3.8) is 0 Å². The van der Waals surface area contributed by atoms with Crippen molar-refractivity contribution in [2.45, 2.75) is 11.3 Å². The number of rotatable bonds is 5. The minimum Gasteiger partial charge on any atom is -0.384 e. The Morgan fingerprint density at radius 1 is 1.47 bits per heavy atom. The Kier molecular flexibility index (Phi) is 4.16. The summed E-state index contributed by atoms with van der Waals surface area (Å²) >= 11 is 0. The van der Waals surface area contributed by atoms with Gasteiger partial charge in [-0.15, -0.1) is 0 Å². The van der Waals surface area contributed by atoms with E-state index in [9.17, 15) is 18.5 Å². The number of hydrogen-bond donors (Lipinski definition) is 1. The molecule has 1 aromatic carbocycles. The molecule has 17 heavy (non-hydrogen) atoms. The summed E-state index contributed by atoms with van der Waals surface area (Å²) < 4.78 is 27.4. The number of primary sulfonamides is 1. The lowest BCUT2D eigenvalue weighted by Crippen LogP contribution is -2.16. The molecule has 0 saturated heterocycles. The lowest BCUT2D eigenvalue weighted by atomic mass is 10.1. The zero-order valence-electron chi connectivity index (χ0n) is 9.12. The number of methoxy groups -OCH3 is 1. The normalized spacial score (nSPS) is 11.4. The third-order valence-corrected chi connectivity index (χ3v) is 3.16. The van der Waals surface area contributed by atoms with Gasteiger partial charge in [-0.1, -0.05) is 6.07 Å². The Balaban J connectivity index is 3.40. The molecule has 0 spiro atoms. The van der Waals surface area contributed by atoms with E-state index >= 15 is 0 Å². The molecule has 2 N–H and O–H groups in total. The van der Waals surface area contributed by atoms with Crippen LogP contribution in [0.1, 0.15) is 5.56 Å². The summed E-state index contributed by atoms with van der Waals surface area (Å²) in [6.07, 6.45) is 0.111. The molecule has 0 aromatic heterocycles. The molecule has 0 aliphatic rings. The van der Waals surface area contributed by atoms with Crippen molar-refractivity contribution in [2.24, 2.45) is 5.14 Å². The van der Waals surface area contributed by atoms with E-state index in [0.29, 0.717) is 0 Å². The van der Waals surface area contributed by atoms with E-state index in [1.807, 2.05) is 0 Å². The Hall–Kier alpha value is -1.51. The van der Waals surface area contributed by atoms with Gasteiger partial charge in [-0.3, -0.25) is 10.1 Å². The molecule has 1 aromatic rings. The lowest BCUT2D eigenvalue weighted by Gasteiger charge is -2.07. The van der Waals surface area contributed by atoms with Gasteiger partial charge in [-0.25, -0.2) is 13.6 Å². The second kappa shape index (κ2) is 5.21. The predicted molar refractivity (Wildman–Crippen MR) is 60.0 cm³/mol. The summed E-state index contributed by atoms with van der Waals surface area (Å²) in [7, 11) is -2.56.